The lowest BCUT2D eigenvalue weighted by Crippen LogP contribution is -2.27. The molecule has 0 aliphatic rings. The predicted molar refractivity (Wildman–Crippen MR) is 75.0 cm³/mol. The van der Waals surface area contributed by atoms with Gasteiger partial charge >= 0.3 is 0 Å². The van der Waals surface area contributed by atoms with Crippen LogP contribution in [-0.4, -0.2) is 46.7 Å². The minimum atomic E-state index is 0.161. The standard InChI is InChI=1S/C12H18N4OS/c1-3-16(5-6-17)8-10-14-11(13-2)9-4-7-18-12(9)15-10/h4,7,17H,3,5-6,8H2,1-2H3,(H,13,14,15). The van der Waals surface area contributed by atoms with Gasteiger partial charge in [-0.1, -0.05) is 6.92 Å². The van der Waals surface area contributed by atoms with E-state index in [0.29, 0.717) is 13.1 Å². The van der Waals surface area contributed by atoms with E-state index in [1.807, 2.05) is 18.5 Å². The SMILES string of the molecule is CCN(CCO)Cc1nc(NC)c2ccsc2n1. The first kappa shape index (κ1) is 13.2. The monoisotopic (exact) mass is 266 g/mol. The van der Waals surface area contributed by atoms with Crippen molar-refractivity contribution in [2.24, 2.45) is 0 Å². The van der Waals surface area contributed by atoms with Crippen LogP contribution in [0.4, 0.5) is 5.82 Å². The average Bonchev–Trinajstić information content (AvgIpc) is 2.85. The molecule has 6 heteroatoms. The van der Waals surface area contributed by atoms with Crippen molar-refractivity contribution in [3.8, 4) is 0 Å². The first-order chi connectivity index (χ1) is 8.78. The van der Waals surface area contributed by atoms with Gasteiger partial charge in [-0.3, -0.25) is 4.90 Å². The van der Waals surface area contributed by atoms with E-state index in [-0.39, 0.29) is 6.61 Å². The molecule has 0 fully saturated rings. The molecule has 0 aliphatic carbocycles. The Hall–Kier alpha value is -1.24. The van der Waals surface area contributed by atoms with Crippen LogP contribution >= 0.6 is 11.3 Å². The number of nitrogens with one attached hydrogen (secondary N) is 1. The van der Waals surface area contributed by atoms with Crippen LogP contribution in [0.3, 0.4) is 0 Å². The molecular weight excluding hydrogens is 248 g/mol. The van der Waals surface area contributed by atoms with Crippen molar-refractivity contribution in [3.63, 3.8) is 0 Å². The van der Waals surface area contributed by atoms with Crippen molar-refractivity contribution in [3.05, 3.63) is 17.3 Å². The predicted octanol–water partition coefficient (Wildman–Crippen LogP) is 1.55. The zero-order chi connectivity index (χ0) is 13.0. The van der Waals surface area contributed by atoms with Gasteiger partial charge in [0.2, 0.25) is 0 Å². The molecular formula is C12H18N4OS. The molecule has 2 rings (SSSR count). The molecule has 0 amide bonds. The quantitative estimate of drug-likeness (QED) is 0.830. The summed E-state index contributed by atoms with van der Waals surface area (Å²) < 4.78 is 0. The average molecular weight is 266 g/mol. The molecule has 0 saturated heterocycles. The first-order valence-electron chi connectivity index (χ1n) is 6.03. The molecule has 2 N–H and O–H groups in total. The number of thiophene rings is 1. The number of aliphatic hydroxyl groups is 1. The largest absolute Gasteiger partial charge is 0.395 e. The molecule has 0 spiro atoms. The van der Waals surface area contributed by atoms with Gasteiger partial charge in [0, 0.05) is 13.6 Å². The number of aliphatic hydroxyl groups excluding tert-OH is 1. The fourth-order valence-corrected chi connectivity index (χ4v) is 2.63. The van der Waals surface area contributed by atoms with Crippen molar-refractivity contribution in [2.75, 3.05) is 32.1 Å². The van der Waals surface area contributed by atoms with Gasteiger partial charge in [-0.2, -0.15) is 0 Å². The highest BCUT2D eigenvalue weighted by Crippen LogP contribution is 2.24. The van der Waals surface area contributed by atoms with E-state index in [0.717, 1.165) is 28.4 Å². The summed E-state index contributed by atoms with van der Waals surface area (Å²) in [5.41, 5.74) is 0. The second kappa shape index (κ2) is 6.08. The zero-order valence-corrected chi connectivity index (χ0v) is 11.5. The number of hydrogen-bond donors (Lipinski definition) is 2. The lowest BCUT2D eigenvalue weighted by molar-refractivity contribution is 0.194. The maximum atomic E-state index is 8.99. The Morgan fingerprint density at radius 2 is 2.28 bits per heavy atom. The van der Waals surface area contributed by atoms with Gasteiger partial charge in [-0.15, -0.1) is 11.3 Å². The molecule has 0 saturated carbocycles. The molecule has 0 aliphatic heterocycles. The fourth-order valence-electron chi connectivity index (χ4n) is 1.85. The van der Waals surface area contributed by atoms with Crippen molar-refractivity contribution in [1.82, 2.24) is 14.9 Å². The number of hydrogen-bond acceptors (Lipinski definition) is 6. The summed E-state index contributed by atoms with van der Waals surface area (Å²) in [6, 6.07) is 2.03. The molecule has 0 bridgehead atoms. The molecule has 18 heavy (non-hydrogen) atoms. The number of nitrogens with zero attached hydrogens (tertiary/aromatic N) is 3. The third kappa shape index (κ3) is 2.77. The summed E-state index contributed by atoms with van der Waals surface area (Å²) in [5.74, 6) is 1.67. The van der Waals surface area contributed by atoms with Crippen molar-refractivity contribution < 1.29 is 5.11 Å². The summed E-state index contributed by atoms with van der Waals surface area (Å²) in [7, 11) is 1.87. The minimum Gasteiger partial charge on any atom is -0.395 e. The highest BCUT2D eigenvalue weighted by Gasteiger charge is 2.10. The van der Waals surface area contributed by atoms with E-state index in [1.165, 1.54) is 0 Å². The number of aromatic nitrogens is 2. The van der Waals surface area contributed by atoms with Crippen molar-refractivity contribution >= 4 is 27.4 Å². The summed E-state index contributed by atoms with van der Waals surface area (Å²) in [5, 5.41) is 15.2. The summed E-state index contributed by atoms with van der Waals surface area (Å²) in [6.07, 6.45) is 0. The zero-order valence-electron chi connectivity index (χ0n) is 10.7. The second-order valence-corrected chi connectivity index (χ2v) is 4.86. The van der Waals surface area contributed by atoms with E-state index in [1.54, 1.807) is 11.3 Å². The molecule has 2 aromatic heterocycles. The van der Waals surface area contributed by atoms with Gasteiger partial charge in [0.25, 0.3) is 0 Å². The van der Waals surface area contributed by atoms with Crippen LogP contribution in [0.15, 0.2) is 11.4 Å². The normalized spacial score (nSPS) is 11.3. The van der Waals surface area contributed by atoms with Gasteiger partial charge < -0.3 is 10.4 Å². The number of anilines is 1. The smallest absolute Gasteiger partial charge is 0.146 e. The van der Waals surface area contributed by atoms with Crippen molar-refractivity contribution in [2.45, 2.75) is 13.5 Å². The molecule has 2 heterocycles. The Labute approximate surface area is 110 Å². The summed E-state index contributed by atoms with van der Waals surface area (Å²) in [4.78, 5) is 12.2. The van der Waals surface area contributed by atoms with Gasteiger partial charge in [0.1, 0.15) is 16.5 Å². The molecule has 0 radical (unpaired) electrons. The topological polar surface area (TPSA) is 61.3 Å². The van der Waals surface area contributed by atoms with E-state index >= 15 is 0 Å². The molecule has 98 valence electrons. The van der Waals surface area contributed by atoms with E-state index < -0.39 is 0 Å². The number of fused-ring (bicyclic) bond motifs is 1. The third-order valence-electron chi connectivity index (χ3n) is 2.84. The minimum absolute atomic E-state index is 0.161. The van der Waals surface area contributed by atoms with Crippen LogP contribution in [0.1, 0.15) is 12.7 Å². The molecule has 5 nitrogen and oxygen atoms in total. The van der Waals surface area contributed by atoms with Gasteiger partial charge in [0.15, 0.2) is 0 Å². The van der Waals surface area contributed by atoms with E-state index in [4.69, 9.17) is 5.11 Å². The maximum absolute atomic E-state index is 8.99. The number of likely N-dealkylation sites (N-methyl/N-ethyl adjacent to an activating group) is 1. The molecule has 2 aromatic rings. The van der Waals surface area contributed by atoms with Crippen LogP contribution in [0.5, 0.6) is 0 Å². The van der Waals surface area contributed by atoms with Crippen LogP contribution in [0.25, 0.3) is 10.2 Å². The first-order valence-corrected chi connectivity index (χ1v) is 6.91. The lowest BCUT2D eigenvalue weighted by atomic mass is 10.3. The van der Waals surface area contributed by atoms with Gasteiger partial charge in [-0.05, 0) is 18.0 Å². The Morgan fingerprint density at radius 1 is 1.44 bits per heavy atom. The van der Waals surface area contributed by atoms with E-state index in [2.05, 4.69) is 27.1 Å². The summed E-state index contributed by atoms with van der Waals surface area (Å²) >= 11 is 1.62. The van der Waals surface area contributed by atoms with Crippen LogP contribution in [0.2, 0.25) is 0 Å². The summed E-state index contributed by atoms with van der Waals surface area (Å²) in [6.45, 7) is 4.42. The van der Waals surface area contributed by atoms with Gasteiger partial charge in [0.05, 0.1) is 18.5 Å². The maximum Gasteiger partial charge on any atom is 0.146 e. The van der Waals surface area contributed by atoms with Gasteiger partial charge in [-0.25, -0.2) is 9.97 Å². The van der Waals surface area contributed by atoms with Crippen LogP contribution in [0, 0.1) is 0 Å². The Kier molecular flexibility index (Phi) is 4.46. The fraction of sp³-hybridized carbons (Fsp3) is 0.500. The van der Waals surface area contributed by atoms with Crippen molar-refractivity contribution in [1.29, 1.82) is 0 Å². The van der Waals surface area contributed by atoms with Crippen LogP contribution < -0.4 is 5.32 Å². The lowest BCUT2D eigenvalue weighted by Gasteiger charge is -2.18. The Bertz CT molecular complexity index is 514. The molecule has 0 atom stereocenters. The Balaban J connectivity index is 2.27. The number of rotatable bonds is 6. The highest BCUT2D eigenvalue weighted by atomic mass is 32.1. The molecule has 0 unspecified atom stereocenters. The van der Waals surface area contributed by atoms with E-state index in [9.17, 15) is 0 Å². The highest BCUT2D eigenvalue weighted by molar-refractivity contribution is 7.16. The third-order valence-corrected chi connectivity index (χ3v) is 3.64. The Morgan fingerprint density at radius 3 is 2.94 bits per heavy atom. The molecule has 0 aromatic carbocycles. The van der Waals surface area contributed by atoms with Crippen LogP contribution in [-0.2, 0) is 6.54 Å². The second-order valence-electron chi connectivity index (χ2n) is 3.97.